The van der Waals surface area contributed by atoms with E-state index in [1.165, 1.54) is 6.07 Å². The van der Waals surface area contributed by atoms with Gasteiger partial charge in [0.05, 0.1) is 5.56 Å². The molecule has 0 saturated carbocycles. The number of carboxylic acids is 1. The first-order valence-corrected chi connectivity index (χ1v) is 3.01. The molecule has 1 rings (SSSR count). The zero-order valence-electron chi connectivity index (χ0n) is 5.82. The Balaban J connectivity index is 3.11. The van der Waals surface area contributed by atoms with E-state index in [-0.39, 0.29) is 0 Å². The van der Waals surface area contributed by atoms with Crippen LogP contribution in [0.1, 0.15) is 10.4 Å². The summed E-state index contributed by atoms with van der Waals surface area (Å²) >= 11 is 0. The summed E-state index contributed by atoms with van der Waals surface area (Å²) < 4.78 is 12.6. The van der Waals surface area contributed by atoms with Gasteiger partial charge in [-0.15, -0.1) is 0 Å². The van der Waals surface area contributed by atoms with Crippen molar-refractivity contribution in [3.8, 4) is 0 Å². The van der Waals surface area contributed by atoms with Crippen LogP contribution in [-0.4, -0.2) is 21.8 Å². The molecule has 1 N–H and O–H groups in total. The summed E-state index contributed by atoms with van der Waals surface area (Å²) in [7, 11) is 0. The third kappa shape index (κ3) is 1.45. The van der Waals surface area contributed by atoms with Crippen LogP contribution in [-0.2, 0) is 4.79 Å². The fraction of sp³-hybridized carbons (Fsp3) is 0. The number of pyridine rings is 1. The minimum absolute atomic E-state index is 0.523. The molecule has 4 nitrogen and oxygen atoms in total. The average molecular weight is 169 g/mol. The molecule has 0 aromatic carbocycles. The van der Waals surface area contributed by atoms with E-state index in [2.05, 4.69) is 4.98 Å². The second-order valence-corrected chi connectivity index (χ2v) is 1.98. The van der Waals surface area contributed by atoms with Gasteiger partial charge in [0, 0.05) is 6.20 Å². The second kappa shape index (κ2) is 3.08. The first-order chi connectivity index (χ1) is 5.63. The molecule has 0 bridgehead atoms. The van der Waals surface area contributed by atoms with Crippen LogP contribution in [0.3, 0.4) is 0 Å². The third-order valence-corrected chi connectivity index (χ3v) is 1.20. The van der Waals surface area contributed by atoms with Crippen molar-refractivity contribution >= 4 is 11.8 Å². The van der Waals surface area contributed by atoms with Crippen molar-refractivity contribution in [3.05, 3.63) is 29.8 Å². The van der Waals surface area contributed by atoms with E-state index in [1.54, 1.807) is 0 Å². The number of hydrogen-bond acceptors (Lipinski definition) is 3. The SMILES string of the molecule is O=C(O)C(=O)c1cccnc1F. The molecular formula is C7H4FNO3. The minimum atomic E-state index is -1.69. The van der Waals surface area contributed by atoms with Crippen LogP contribution in [0.4, 0.5) is 4.39 Å². The van der Waals surface area contributed by atoms with E-state index in [1.807, 2.05) is 0 Å². The van der Waals surface area contributed by atoms with E-state index in [0.717, 1.165) is 12.3 Å². The lowest BCUT2D eigenvalue weighted by molar-refractivity contribution is -0.131. The Morgan fingerprint density at radius 1 is 1.50 bits per heavy atom. The lowest BCUT2D eigenvalue weighted by Gasteiger charge is -1.94. The first kappa shape index (κ1) is 8.32. The maximum Gasteiger partial charge on any atom is 0.377 e. The molecule has 62 valence electrons. The van der Waals surface area contributed by atoms with E-state index in [0.29, 0.717) is 0 Å². The molecule has 0 unspecified atom stereocenters. The van der Waals surface area contributed by atoms with Crippen molar-refractivity contribution in [1.82, 2.24) is 4.98 Å². The van der Waals surface area contributed by atoms with Gasteiger partial charge in [0.2, 0.25) is 5.95 Å². The summed E-state index contributed by atoms with van der Waals surface area (Å²) in [5.74, 6) is -4.05. The first-order valence-electron chi connectivity index (χ1n) is 3.01. The summed E-state index contributed by atoms with van der Waals surface area (Å²) in [5, 5.41) is 8.22. The topological polar surface area (TPSA) is 67.3 Å². The number of carboxylic acid groups (broad SMARTS) is 1. The van der Waals surface area contributed by atoms with Crippen LogP contribution in [0.5, 0.6) is 0 Å². The summed E-state index contributed by atoms with van der Waals surface area (Å²) in [5.41, 5.74) is -0.523. The van der Waals surface area contributed by atoms with E-state index in [9.17, 15) is 14.0 Å². The van der Waals surface area contributed by atoms with Crippen molar-refractivity contribution in [2.24, 2.45) is 0 Å². The van der Waals surface area contributed by atoms with Gasteiger partial charge < -0.3 is 5.11 Å². The largest absolute Gasteiger partial charge is 0.475 e. The van der Waals surface area contributed by atoms with Gasteiger partial charge in [0.1, 0.15) is 0 Å². The maximum atomic E-state index is 12.6. The predicted octanol–water partition coefficient (Wildman–Crippen LogP) is 0.488. The van der Waals surface area contributed by atoms with E-state index in [4.69, 9.17) is 5.11 Å². The van der Waals surface area contributed by atoms with Gasteiger partial charge in [-0.2, -0.15) is 4.39 Å². The van der Waals surface area contributed by atoms with E-state index < -0.39 is 23.3 Å². The number of halogens is 1. The highest BCUT2D eigenvalue weighted by Gasteiger charge is 2.18. The Labute approximate surface area is 66.7 Å². The number of aromatic nitrogens is 1. The number of rotatable bonds is 2. The fourth-order valence-corrected chi connectivity index (χ4v) is 0.671. The number of aliphatic carboxylic acids is 1. The molecule has 12 heavy (non-hydrogen) atoms. The summed E-state index contributed by atoms with van der Waals surface area (Å²) in [4.78, 5) is 23.9. The molecule has 0 saturated heterocycles. The van der Waals surface area contributed by atoms with Crippen molar-refractivity contribution in [2.45, 2.75) is 0 Å². The summed E-state index contributed by atoms with van der Waals surface area (Å²) in [6.07, 6.45) is 1.13. The molecule has 0 amide bonds. The van der Waals surface area contributed by atoms with Crippen LogP contribution >= 0.6 is 0 Å². The van der Waals surface area contributed by atoms with Crippen LogP contribution in [0.2, 0.25) is 0 Å². The number of carbonyl (C=O) groups is 2. The lowest BCUT2D eigenvalue weighted by Crippen LogP contribution is -2.14. The Morgan fingerprint density at radius 3 is 2.67 bits per heavy atom. The third-order valence-electron chi connectivity index (χ3n) is 1.20. The highest BCUT2D eigenvalue weighted by Crippen LogP contribution is 2.03. The standard InChI is InChI=1S/C7H4FNO3/c8-6-4(2-1-3-9-6)5(10)7(11)12/h1-3H,(H,11,12). The van der Waals surface area contributed by atoms with Crippen molar-refractivity contribution in [2.75, 3.05) is 0 Å². The molecule has 0 aliphatic carbocycles. The highest BCUT2D eigenvalue weighted by atomic mass is 19.1. The molecule has 0 aliphatic heterocycles. The second-order valence-electron chi connectivity index (χ2n) is 1.98. The Hall–Kier alpha value is -1.78. The van der Waals surface area contributed by atoms with Gasteiger partial charge in [-0.25, -0.2) is 9.78 Å². The Morgan fingerprint density at radius 2 is 2.17 bits per heavy atom. The molecule has 0 radical (unpaired) electrons. The molecule has 1 aromatic rings. The quantitative estimate of drug-likeness (QED) is 0.397. The van der Waals surface area contributed by atoms with Gasteiger partial charge in [0.15, 0.2) is 0 Å². The van der Waals surface area contributed by atoms with Crippen molar-refractivity contribution < 1.29 is 19.1 Å². The maximum absolute atomic E-state index is 12.6. The molecule has 0 aliphatic rings. The zero-order valence-corrected chi connectivity index (χ0v) is 5.82. The summed E-state index contributed by atoms with van der Waals surface area (Å²) in [6, 6.07) is 2.36. The van der Waals surface area contributed by atoms with Gasteiger partial charge in [-0.05, 0) is 12.1 Å². The number of nitrogens with zero attached hydrogens (tertiary/aromatic N) is 1. The van der Waals surface area contributed by atoms with Gasteiger partial charge in [-0.3, -0.25) is 4.79 Å². The van der Waals surface area contributed by atoms with E-state index >= 15 is 0 Å². The average Bonchev–Trinajstić information content (AvgIpc) is 2.04. The predicted molar refractivity (Wildman–Crippen MR) is 36.2 cm³/mol. The van der Waals surface area contributed by atoms with Crippen LogP contribution < -0.4 is 0 Å². The molecule has 0 fully saturated rings. The number of carbonyl (C=O) groups excluding carboxylic acids is 1. The molecule has 1 heterocycles. The lowest BCUT2D eigenvalue weighted by atomic mass is 10.2. The normalized spacial score (nSPS) is 9.42. The van der Waals surface area contributed by atoms with Crippen LogP contribution in [0, 0.1) is 5.95 Å². The Bertz CT molecular complexity index is 337. The van der Waals surface area contributed by atoms with Gasteiger partial charge in [0.25, 0.3) is 5.78 Å². The number of Topliss-reactive ketones (excluding diaryl/α,β-unsaturated/α-hetero) is 1. The Kier molecular flexibility index (Phi) is 2.14. The van der Waals surface area contributed by atoms with Gasteiger partial charge >= 0.3 is 5.97 Å². The smallest absolute Gasteiger partial charge is 0.377 e. The van der Waals surface area contributed by atoms with Crippen LogP contribution in [0.25, 0.3) is 0 Å². The van der Waals surface area contributed by atoms with Crippen molar-refractivity contribution in [3.63, 3.8) is 0 Å². The highest BCUT2D eigenvalue weighted by molar-refractivity contribution is 6.39. The molecule has 1 aromatic heterocycles. The minimum Gasteiger partial charge on any atom is -0.475 e. The molecule has 0 atom stereocenters. The number of hydrogen-bond donors (Lipinski definition) is 1. The van der Waals surface area contributed by atoms with Gasteiger partial charge in [-0.1, -0.05) is 0 Å². The molecular weight excluding hydrogens is 165 g/mol. The molecule has 0 spiro atoms. The number of ketones is 1. The zero-order chi connectivity index (χ0) is 9.14. The monoisotopic (exact) mass is 169 g/mol. The van der Waals surface area contributed by atoms with Crippen molar-refractivity contribution in [1.29, 1.82) is 0 Å². The summed E-state index contributed by atoms with van der Waals surface area (Å²) in [6.45, 7) is 0. The molecule has 5 heteroatoms. The van der Waals surface area contributed by atoms with Crippen LogP contribution in [0.15, 0.2) is 18.3 Å². The fourth-order valence-electron chi connectivity index (χ4n) is 0.671.